The van der Waals surface area contributed by atoms with Crippen molar-refractivity contribution in [3.63, 3.8) is 0 Å². The van der Waals surface area contributed by atoms with Crippen molar-refractivity contribution < 1.29 is 4.74 Å². The standard InChI is InChI=1S/C12H21N3O/c1-3-12(5-4-6-12)14-11-13-7-8-15(11)9-10-16-2/h7-8H,3-6,9-10H2,1-2H3,(H,13,14). The van der Waals surface area contributed by atoms with Crippen molar-refractivity contribution in [1.29, 1.82) is 0 Å². The highest BCUT2D eigenvalue weighted by Gasteiger charge is 2.35. The van der Waals surface area contributed by atoms with E-state index < -0.39 is 0 Å². The molecule has 0 saturated heterocycles. The number of aromatic nitrogens is 2. The van der Waals surface area contributed by atoms with Gasteiger partial charge in [0.25, 0.3) is 0 Å². The molecule has 1 aromatic heterocycles. The van der Waals surface area contributed by atoms with Crippen LogP contribution in [-0.2, 0) is 11.3 Å². The summed E-state index contributed by atoms with van der Waals surface area (Å²) in [5.41, 5.74) is 0.302. The Kier molecular flexibility index (Phi) is 3.49. The van der Waals surface area contributed by atoms with E-state index in [1.54, 1.807) is 7.11 Å². The molecule has 2 rings (SSSR count). The first-order valence-electron chi connectivity index (χ1n) is 6.08. The molecule has 4 nitrogen and oxygen atoms in total. The molecular formula is C12H21N3O. The van der Waals surface area contributed by atoms with Crippen molar-refractivity contribution in [2.24, 2.45) is 0 Å². The quantitative estimate of drug-likeness (QED) is 0.804. The van der Waals surface area contributed by atoms with E-state index in [9.17, 15) is 0 Å². The molecule has 90 valence electrons. The number of nitrogens with zero attached hydrogens (tertiary/aromatic N) is 2. The number of methoxy groups -OCH3 is 1. The molecule has 0 unspecified atom stereocenters. The van der Waals surface area contributed by atoms with Gasteiger partial charge in [0.05, 0.1) is 6.61 Å². The fourth-order valence-electron chi connectivity index (χ4n) is 2.21. The van der Waals surface area contributed by atoms with Gasteiger partial charge in [-0.05, 0) is 25.7 Å². The lowest BCUT2D eigenvalue weighted by Crippen LogP contribution is -2.45. The van der Waals surface area contributed by atoms with Gasteiger partial charge in [0.2, 0.25) is 5.95 Å². The average Bonchev–Trinajstić information content (AvgIpc) is 2.68. The molecule has 1 saturated carbocycles. The summed E-state index contributed by atoms with van der Waals surface area (Å²) in [6, 6.07) is 0. The van der Waals surface area contributed by atoms with Crippen molar-refractivity contribution in [2.45, 2.75) is 44.7 Å². The molecule has 1 aliphatic carbocycles. The van der Waals surface area contributed by atoms with Crippen LogP contribution in [0.25, 0.3) is 0 Å². The molecule has 1 aliphatic rings. The molecular weight excluding hydrogens is 202 g/mol. The van der Waals surface area contributed by atoms with Gasteiger partial charge in [0.15, 0.2) is 0 Å². The Morgan fingerprint density at radius 3 is 2.94 bits per heavy atom. The molecule has 16 heavy (non-hydrogen) atoms. The first-order chi connectivity index (χ1) is 7.79. The molecule has 0 spiro atoms. The molecule has 4 heteroatoms. The molecule has 0 aromatic carbocycles. The highest BCUT2D eigenvalue weighted by Crippen LogP contribution is 2.37. The predicted octanol–water partition coefficient (Wildman–Crippen LogP) is 2.27. The Hall–Kier alpha value is -1.03. The fourth-order valence-corrected chi connectivity index (χ4v) is 2.21. The first-order valence-corrected chi connectivity index (χ1v) is 6.08. The zero-order chi connectivity index (χ0) is 11.4. The van der Waals surface area contributed by atoms with Gasteiger partial charge in [0, 0.05) is 31.6 Å². The zero-order valence-corrected chi connectivity index (χ0v) is 10.2. The van der Waals surface area contributed by atoms with Crippen LogP contribution in [0, 0.1) is 0 Å². The van der Waals surface area contributed by atoms with E-state index in [4.69, 9.17) is 4.74 Å². The number of imidazole rings is 1. The maximum absolute atomic E-state index is 5.09. The minimum absolute atomic E-state index is 0.302. The van der Waals surface area contributed by atoms with Gasteiger partial charge in [-0.1, -0.05) is 6.92 Å². The van der Waals surface area contributed by atoms with Gasteiger partial charge in [-0.15, -0.1) is 0 Å². The fraction of sp³-hybridized carbons (Fsp3) is 0.750. The van der Waals surface area contributed by atoms with Crippen LogP contribution in [0.2, 0.25) is 0 Å². The Balaban J connectivity index is 2.00. The molecule has 1 aromatic rings. The smallest absolute Gasteiger partial charge is 0.203 e. The maximum Gasteiger partial charge on any atom is 0.203 e. The molecule has 0 atom stereocenters. The predicted molar refractivity (Wildman–Crippen MR) is 64.6 cm³/mol. The first kappa shape index (κ1) is 11.5. The van der Waals surface area contributed by atoms with Crippen molar-refractivity contribution >= 4 is 5.95 Å². The van der Waals surface area contributed by atoms with Gasteiger partial charge in [-0.2, -0.15) is 0 Å². The van der Waals surface area contributed by atoms with Crippen molar-refractivity contribution in [1.82, 2.24) is 9.55 Å². The third kappa shape index (κ3) is 2.21. The minimum atomic E-state index is 0.302. The molecule has 1 heterocycles. The summed E-state index contributed by atoms with van der Waals surface area (Å²) in [5, 5.41) is 3.60. The van der Waals surface area contributed by atoms with E-state index in [2.05, 4.69) is 21.8 Å². The number of rotatable bonds is 6. The lowest BCUT2D eigenvalue weighted by molar-refractivity contribution is 0.187. The number of hydrogen-bond donors (Lipinski definition) is 1. The second-order valence-corrected chi connectivity index (χ2v) is 4.55. The van der Waals surface area contributed by atoms with Crippen molar-refractivity contribution in [3.05, 3.63) is 12.4 Å². The monoisotopic (exact) mass is 223 g/mol. The van der Waals surface area contributed by atoms with Crippen LogP contribution < -0.4 is 5.32 Å². The van der Waals surface area contributed by atoms with E-state index in [1.165, 1.54) is 25.7 Å². The minimum Gasteiger partial charge on any atom is -0.383 e. The number of ether oxygens (including phenoxy) is 1. The van der Waals surface area contributed by atoms with Crippen molar-refractivity contribution in [2.75, 3.05) is 19.0 Å². The molecule has 0 amide bonds. The molecule has 0 aliphatic heterocycles. The Morgan fingerprint density at radius 2 is 2.38 bits per heavy atom. The lowest BCUT2D eigenvalue weighted by Gasteiger charge is -2.42. The van der Waals surface area contributed by atoms with Crippen LogP contribution in [0.1, 0.15) is 32.6 Å². The molecule has 0 radical (unpaired) electrons. The molecule has 1 fully saturated rings. The van der Waals surface area contributed by atoms with E-state index in [0.29, 0.717) is 5.54 Å². The van der Waals surface area contributed by atoms with Gasteiger partial charge in [-0.3, -0.25) is 0 Å². The van der Waals surface area contributed by atoms with Gasteiger partial charge >= 0.3 is 0 Å². The van der Waals surface area contributed by atoms with Gasteiger partial charge < -0.3 is 14.6 Å². The topological polar surface area (TPSA) is 39.1 Å². The summed E-state index contributed by atoms with van der Waals surface area (Å²) in [6.07, 6.45) is 8.88. The highest BCUT2D eigenvalue weighted by atomic mass is 16.5. The summed E-state index contributed by atoms with van der Waals surface area (Å²) < 4.78 is 7.21. The van der Waals surface area contributed by atoms with Crippen LogP contribution in [0.15, 0.2) is 12.4 Å². The molecule has 1 N–H and O–H groups in total. The normalized spacial score (nSPS) is 18.1. The molecule has 0 bridgehead atoms. The largest absolute Gasteiger partial charge is 0.383 e. The van der Waals surface area contributed by atoms with Crippen molar-refractivity contribution in [3.8, 4) is 0 Å². The van der Waals surface area contributed by atoms with Gasteiger partial charge in [-0.25, -0.2) is 4.98 Å². The number of hydrogen-bond acceptors (Lipinski definition) is 3. The summed E-state index contributed by atoms with van der Waals surface area (Å²) in [7, 11) is 1.73. The third-order valence-corrected chi connectivity index (χ3v) is 3.62. The van der Waals surface area contributed by atoms with Crippen LogP contribution in [0.4, 0.5) is 5.95 Å². The zero-order valence-electron chi connectivity index (χ0n) is 10.2. The van der Waals surface area contributed by atoms with Crippen LogP contribution in [0.3, 0.4) is 0 Å². The maximum atomic E-state index is 5.09. The summed E-state index contributed by atoms with van der Waals surface area (Å²) in [6.45, 7) is 3.83. The van der Waals surface area contributed by atoms with E-state index in [0.717, 1.165) is 19.1 Å². The van der Waals surface area contributed by atoms with E-state index >= 15 is 0 Å². The number of nitrogens with one attached hydrogen (secondary N) is 1. The Labute approximate surface area is 97.0 Å². The highest BCUT2D eigenvalue weighted by molar-refractivity contribution is 5.32. The second-order valence-electron chi connectivity index (χ2n) is 4.55. The summed E-state index contributed by atoms with van der Waals surface area (Å²) in [5.74, 6) is 0.985. The van der Waals surface area contributed by atoms with E-state index in [1.807, 2.05) is 12.4 Å². The van der Waals surface area contributed by atoms with Crippen LogP contribution in [-0.4, -0.2) is 28.8 Å². The Morgan fingerprint density at radius 1 is 1.56 bits per heavy atom. The lowest BCUT2D eigenvalue weighted by atomic mass is 9.75. The van der Waals surface area contributed by atoms with Crippen LogP contribution >= 0.6 is 0 Å². The second kappa shape index (κ2) is 4.87. The Bertz CT molecular complexity index is 325. The average molecular weight is 223 g/mol. The van der Waals surface area contributed by atoms with E-state index in [-0.39, 0.29) is 0 Å². The third-order valence-electron chi connectivity index (χ3n) is 3.62. The summed E-state index contributed by atoms with van der Waals surface area (Å²) >= 11 is 0. The SMILES string of the molecule is CCC1(Nc2nccn2CCOC)CCC1. The van der Waals surface area contributed by atoms with Gasteiger partial charge in [0.1, 0.15) is 0 Å². The summed E-state index contributed by atoms with van der Waals surface area (Å²) in [4.78, 5) is 4.38. The van der Waals surface area contributed by atoms with Crippen LogP contribution in [0.5, 0.6) is 0 Å². The number of anilines is 1.